The van der Waals surface area contributed by atoms with Gasteiger partial charge in [0.25, 0.3) is 0 Å². The maximum Gasteiger partial charge on any atom is 0.159 e. The van der Waals surface area contributed by atoms with Crippen molar-refractivity contribution in [3.05, 3.63) is 35.4 Å². The van der Waals surface area contributed by atoms with E-state index in [1.165, 1.54) is 6.07 Å². The monoisotopic (exact) mass is 289 g/mol. The summed E-state index contributed by atoms with van der Waals surface area (Å²) in [6.45, 7) is 1.89. The van der Waals surface area contributed by atoms with E-state index in [1.807, 2.05) is 0 Å². The number of hydrogen-bond donors (Lipinski definition) is 3. The lowest BCUT2D eigenvalue weighted by Crippen LogP contribution is -2.40. The van der Waals surface area contributed by atoms with Gasteiger partial charge in [-0.1, -0.05) is 13.0 Å². The molecule has 0 aromatic heterocycles. The molecule has 4 nitrogen and oxygen atoms in total. The Morgan fingerprint density at radius 3 is 2.30 bits per heavy atom. The van der Waals surface area contributed by atoms with E-state index in [0.717, 1.165) is 12.1 Å². The number of aliphatic hydroxyl groups is 3. The van der Waals surface area contributed by atoms with Gasteiger partial charge in [-0.2, -0.15) is 0 Å². The molecule has 0 amide bonds. The molecule has 0 radical (unpaired) electrons. The fraction of sp³-hybridized carbons (Fsp3) is 0.571. The first-order valence-electron chi connectivity index (χ1n) is 6.34. The fourth-order valence-electron chi connectivity index (χ4n) is 1.99. The minimum atomic E-state index is -1.00. The van der Waals surface area contributed by atoms with Crippen LogP contribution in [0.25, 0.3) is 0 Å². The van der Waals surface area contributed by atoms with Crippen molar-refractivity contribution in [2.75, 3.05) is 33.4 Å². The molecule has 20 heavy (non-hydrogen) atoms. The molecule has 0 spiro atoms. The Hall–Kier alpha value is -1.08. The van der Waals surface area contributed by atoms with E-state index in [4.69, 9.17) is 0 Å². The summed E-state index contributed by atoms with van der Waals surface area (Å²) in [5.74, 6) is -1.96. The Labute approximate surface area is 117 Å². The highest BCUT2D eigenvalue weighted by atomic mass is 19.2. The predicted molar refractivity (Wildman–Crippen MR) is 71.1 cm³/mol. The number of aliphatic hydroxyl groups excluding tert-OH is 3. The first-order valence-corrected chi connectivity index (χ1v) is 6.34. The smallest absolute Gasteiger partial charge is 0.159 e. The Morgan fingerprint density at radius 1 is 1.20 bits per heavy atom. The first kappa shape index (κ1) is 17.0. The molecule has 1 aromatic carbocycles. The van der Waals surface area contributed by atoms with Crippen LogP contribution >= 0.6 is 0 Å². The van der Waals surface area contributed by atoms with Crippen LogP contribution in [0.15, 0.2) is 18.2 Å². The van der Waals surface area contributed by atoms with Gasteiger partial charge in [0, 0.05) is 18.5 Å². The van der Waals surface area contributed by atoms with Crippen LogP contribution < -0.4 is 0 Å². The van der Waals surface area contributed by atoms with Gasteiger partial charge in [-0.25, -0.2) is 8.78 Å². The second-order valence-electron chi connectivity index (χ2n) is 5.51. The molecule has 0 fully saturated rings. The van der Waals surface area contributed by atoms with E-state index >= 15 is 0 Å². The molecule has 0 saturated carbocycles. The summed E-state index contributed by atoms with van der Waals surface area (Å²) in [5, 5.41) is 28.4. The molecular formula is C14H21F2NO3. The average Bonchev–Trinajstić information content (AvgIpc) is 2.41. The van der Waals surface area contributed by atoms with Crippen molar-refractivity contribution >= 4 is 0 Å². The van der Waals surface area contributed by atoms with Gasteiger partial charge in [-0.05, 0) is 24.7 Å². The highest BCUT2D eigenvalue weighted by molar-refractivity contribution is 5.20. The van der Waals surface area contributed by atoms with E-state index in [1.54, 1.807) is 18.9 Å². The average molecular weight is 289 g/mol. The lowest BCUT2D eigenvalue weighted by molar-refractivity contribution is 0.0280. The molecule has 1 aromatic rings. The van der Waals surface area contributed by atoms with Crippen LogP contribution in [0.1, 0.15) is 18.6 Å². The molecule has 0 aliphatic carbocycles. The van der Waals surface area contributed by atoms with Gasteiger partial charge >= 0.3 is 0 Å². The molecule has 0 bridgehead atoms. The highest BCUT2D eigenvalue weighted by Crippen LogP contribution is 2.20. The summed E-state index contributed by atoms with van der Waals surface area (Å²) in [6.07, 6.45) is -0.975. The maximum atomic E-state index is 13.1. The van der Waals surface area contributed by atoms with Crippen molar-refractivity contribution in [3.8, 4) is 0 Å². The zero-order valence-corrected chi connectivity index (χ0v) is 11.7. The van der Waals surface area contributed by atoms with Crippen LogP contribution in [0, 0.1) is 17.0 Å². The van der Waals surface area contributed by atoms with E-state index in [2.05, 4.69) is 0 Å². The van der Waals surface area contributed by atoms with Crippen molar-refractivity contribution in [2.24, 2.45) is 5.41 Å². The van der Waals surface area contributed by atoms with Gasteiger partial charge in [0.15, 0.2) is 11.6 Å². The maximum absolute atomic E-state index is 13.1. The van der Waals surface area contributed by atoms with Crippen molar-refractivity contribution in [1.82, 2.24) is 4.90 Å². The summed E-state index contributed by atoms with van der Waals surface area (Å²) in [5.41, 5.74) is -0.395. The lowest BCUT2D eigenvalue weighted by atomic mass is 9.92. The van der Waals surface area contributed by atoms with Crippen LogP contribution in [0.2, 0.25) is 0 Å². The minimum absolute atomic E-state index is 0.181. The molecular weight excluding hydrogens is 268 g/mol. The third-order valence-corrected chi connectivity index (χ3v) is 3.23. The lowest BCUT2D eigenvalue weighted by Gasteiger charge is -2.31. The molecule has 0 heterocycles. The van der Waals surface area contributed by atoms with E-state index < -0.39 is 23.2 Å². The molecule has 6 heteroatoms. The molecule has 114 valence electrons. The van der Waals surface area contributed by atoms with Gasteiger partial charge in [0.05, 0.1) is 19.3 Å². The van der Waals surface area contributed by atoms with Crippen LogP contribution in [0.4, 0.5) is 8.78 Å². The Morgan fingerprint density at radius 2 is 1.80 bits per heavy atom. The molecule has 0 aliphatic heterocycles. The van der Waals surface area contributed by atoms with Crippen LogP contribution in [-0.4, -0.2) is 53.6 Å². The summed E-state index contributed by atoms with van der Waals surface area (Å²) >= 11 is 0. The number of rotatable bonds is 7. The summed E-state index contributed by atoms with van der Waals surface area (Å²) in [6, 6.07) is 3.26. The molecule has 1 rings (SSSR count). The van der Waals surface area contributed by atoms with Gasteiger partial charge in [0.1, 0.15) is 0 Å². The Bertz CT molecular complexity index is 438. The summed E-state index contributed by atoms with van der Waals surface area (Å²) in [7, 11) is 1.71. The highest BCUT2D eigenvalue weighted by Gasteiger charge is 2.25. The number of halogens is 2. The standard InChI is InChI=1S/C14H21F2NO3/c1-14(8-18,9-19)7-17(2)6-13(20)10-3-4-11(15)12(16)5-10/h3-5,13,18-20H,6-9H2,1-2H3. The number of hydrogen-bond acceptors (Lipinski definition) is 4. The zero-order valence-electron chi connectivity index (χ0n) is 11.7. The summed E-state index contributed by atoms with van der Waals surface area (Å²) < 4.78 is 25.9. The van der Waals surface area contributed by atoms with E-state index in [-0.39, 0.29) is 25.3 Å². The van der Waals surface area contributed by atoms with Crippen LogP contribution in [-0.2, 0) is 0 Å². The fourth-order valence-corrected chi connectivity index (χ4v) is 1.99. The quantitative estimate of drug-likeness (QED) is 0.698. The third kappa shape index (κ3) is 4.49. The van der Waals surface area contributed by atoms with Gasteiger partial charge in [-0.3, -0.25) is 0 Å². The second kappa shape index (κ2) is 7.08. The molecule has 1 atom stereocenters. The van der Waals surface area contributed by atoms with Crippen LogP contribution in [0.5, 0.6) is 0 Å². The van der Waals surface area contributed by atoms with Crippen molar-refractivity contribution in [3.63, 3.8) is 0 Å². The van der Waals surface area contributed by atoms with E-state index in [9.17, 15) is 24.1 Å². The van der Waals surface area contributed by atoms with Gasteiger partial charge < -0.3 is 20.2 Å². The normalized spacial score (nSPS) is 13.8. The summed E-state index contributed by atoms with van der Waals surface area (Å²) in [4.78, 5) is 1.72. The molecule has 1 unspecified atom stereocenters. The molecule has 0 saturated heterocycles. The topological polar surface area (TPSA) is 63.9 Å². The molecule has 0 aliphatic rings. The van der Waals surface area contributed by atoms with E-state index in [0.29, 0.717) is 6.54 Å². The minimum Gasteiger partial charge on any atom is -0.396 e. The van der Waals surface area contributed by atoms with Crippen molar-refractivity contribution < 1.29 is 24.1 Å². The molecule has 3 N–H and O–H groups in total. The first-order chi connectivity index (χ1) is 9.31. The van der Waals surface area contributed by atoms with Crippen molar-refractivity contribution in [2.45, 2.75) is 13.0 Å². The largest absolute Gasteiger partial charge is 0.396 e. The Kier molecular flexibility index (Phi) is 6.01. The van der Waals surface area contributed by atoms with Crippen LogP contribution in [0.3, 0.4) is 0 Å². The SMILES string of the molecule is CN(CC(O)c1ccc(F)c(F)c1)CC(C)(CO)CO. The second-order valence-corrected chi connectivity index (χ2v) is 5.51. The third-order valence-electron chi connectivity index (χ3n) is 3.23. The van der Waals surface area contributed by atoms with Gasteiger partial charge in [0.2, 0.25) is 0 Å². The Balaban J connectivity index is 2.65. The zero-order chi connectivity index (χ0) is 15.3. The van der Waals surface area contributed by atoms with Crippen molar-refractivity contribution in [1.29, 1.82) is 0 Å². The number of benzene rings is 1. The van der Waals surface area contributed by atoms with Gasteiger partial charge in [-0.15, -0.1) is 0 Å². The number of likely N-dealkylation sites (N-methyl/N-ethyl adjacent to an activating group) is 1. The number of nitrogens with zero attached hydrogens (tertiary/aromatic N) is 1. The predicted octanol–water partition coefficient (Wildman–Crippen LogP) is 0.921.